The second-order valence-corrected chi connectivity index (χ2v) is 20.8. The van der Waals surface area contributed by atoms with Crippen molar-refractivity contribution in [1.29, 1.82) is 0 Å². The molecule has 0 aliphatic heterocycles. The number of fused-ring (bicyclic) bond motifs is 6. The van der Waals surface area contributed by atoms with E-state index in [1.807, 2.05) is 0 Å². The van der Waals surface area contributed by atoms with Gasteiger partial charge in [-0.3, -0.25) is 0 Å². The fraction of sp³-hybridized carbons (Fsp3) is 0.654. The standard InChI is InChI=1S/C52H64/c1-29-16-17-30(2)44(28-29)49-37-15-9-8-14-36(37)48(35-13-7-6-12-34(35)31-10-4-3-5-11-31)51-42-26-24-40-38-22-20-32-18-19-33-21-23-39(46(38)45(32)33)41-25-27-43(52(49)51)50(42)47(40)41/h3-7,10-13,16-17,28,32-33,36-43,45-52H,8-9,14-15,18-27H2,1-2H3. The van der Waals surface area contributed by atoms with E-state index in [-0.39, 0.29) is 0 Å². The number of aryl methyl sites for hydroxylation is 2. The maximum absolute atomic E-state index is 2.71. The van der Waals surface area contributed by atoms with E-state index in [2.05, 4.69) is 86.6 Å². The van der Waals surface area contributed by atoms with Crippen molar-refractivity contribution in [2.75, 3.05) is 0 Å². The van der Waals surface area contributed by atoms with Gasteiger partial charge in [-0.05, 0) is 225 Å². The molecule has 3 aromatic carbocycles. The van der Waals surface area contributed by atoms with E-state index in [0.29, 0.717) is 0 Å². The first-order valence-electron chi connectivity index (χ1n) is 22.9. The average molecular weight is 689 g/mol. The van der Waals surface area contributed by atoms with Crippen LogP contribution in [0, 0.1) is 109 Å². The highest BCUT2D eigenvalue weighted by molar-refractivity contribution is 5.68. The summed E-state index contributed by atoms with van der Waals surface area (Å²) in [6, 6.07) is 29.2. The average Bonchev–Trinajstić information content (AvgIpc) is 3.77. The van der Waals surface area contributed by atoms with Crippen LogP contribution in [0.5, 0.6) is 0 Å². The lowest BCUT2D eigenvalue weighted by Gasteiger charge is -2.65. The van der Waals surface area contributed by atoms with Crippen LogP contribution in [-0.4, -0.2) is 0 Å². The molecule has 9 fully saturated rings. The molecule has 18 unspecified atom stereocenters. The van der Waals surface area contributed by atoms with Gasteiger partial charge in [0.2, 0.25) is 0 Å². The molecule has 272 valence electrons. The van der Waals surface area contributed by atoms with Gasteiger partial charge < -0.3 is 0 Å². The van der Waals surface area contributed by atoms with Gasteiger partial charge in [-0.15, -0.1) is 0 Å². The van der Waals surface area contributed by atoms with Crippen molar-refractivity contribution >= 4 is 0 Å². The first-order chi connectivity index (χ1) is 25.7. The van der Waals surface area contributed by atoms with Crippen molar-refractivity contribution in [2.24, 2.45) is 94.7 Å². The monoisotopic (exact) mass is 689 g/mol. The van der Waals surface area contributed by atoms with E-state index >= 15 is 0 Å². The van der Waals surface area contributed by atoms with Gasteiger partial charge in [0, 0.05) is 0 Å². The number of hydrogen-bond donors (Lipinski definition) is 0. The fourth-order valence-electron chi connectivity index (χ4n) is 18.7. The van der Waals surface area contributed by atoms with Crippen LogP contribution in [-0.2, 0) is 0 Å². The minimum absolute atomic E-state index is 0.722. The van der Waals surface area contributed by atoms with Gasteiger partial charge >= 0.3 is 0 Å². The summed E-state index contributed by atoms with van der Waals surface area (Å²) in [6.45, 7) is 4.88. The topological polar surface area (TPSA) is 0 Å². The van der Waals surface area contributed by atoms with Gasteiger partial charge in [0.25, 0.3) is 0 Å². The predicted molar refractivity (Wildman–Crippen MR) is 214 cm³/mol. The van der Waals surface area contributed by atoms with E-state index in [0.717, 1.165) is 107 Å². The third-order valence-corrected chi connectivity index (χ3v) is 19.6. The molecule has 0 N–H and O–H groups in total. The van der Waals surface area contributed by atoms with Crippen LogP contribution in [0.3, 0.4) is 0 Å². The Morgan fingerprint density at radius 2 is 0.885 bits per heavy atom. The predicted octanol–water partition coefficient (Wildman–Crippen LogP) is 13.3. The summed E-state index contributed by atoms with van der Waals surface area (Å²) in [4.78, 5) is 0. The van der Waals surface area contributed by atoms with Crippen LogP contribution in [0.25, 0.3) is 11.1 Å². The maximum atomic E-state index is 2.71. The third-order valence-electron chi connectivity index (χ3n) is 19.6. The van der Waals surface area contributed by atoms with Crippen molar-refractivity contribution in [3.63, 3.8) is 0 Å². The van der Waals surface area contributed by atoms with Gasteiger partial charge in [0.15, 0.2) is 0 Å². The second-order valence-electron chi connectivity index (χ2n) is 20.8. The molecule has 52 heavy (non-hydrogen) atoms. The summed E-state index contributed by atoms with van der Waals surface area (Å²) in [5.41, 5.74) is 9.66. The van der Waals surface area contributed by atoms with E-state index in [1.165, 1.54) is 36.8 Å². The lowest BCUT2D eigenvalue weighted by molar-refractivity contribution is -0.169. The van der Waals surface area contributed by atoms with Crippen LogP contribution >= 0.6 is 0 Å². The Balaban J connectivity index is 1.03. The maximum Gasteiger partial charge on any atom is -0.00905 e. The zero-order chi connectivity index (χ0) is 34.2. The number of hydrogen-bond acceptors (Lipinski definition) is 0. The molecule has 0 aromatic heterocycles. The van der Waals surface area contributed by atoms with E-state index in [9.17, 15) is 0 Å². The molecular weight excluding hydrogens is 625 g/mol. The molecule has 0 bridgehead atoms. The van der Waals surface area contributed by atoms with Gasteiger partial charge in [0.1, 0.15) is 0 Å². The van der Waals surface area contributed by atoms with E-state index in [4.69, 9.17) is 0 Å². The third kappa shape index (κ3) is 4.39. The summed E-state index contributed by atoms with van der Waals surface area (Å²) in [5.74, 6) is 17.6. The second kappa shape index (κ2) is 12.1. The summed E-state index contributed by atoms with van der Waals surface area (Å²) >= 11 is 0. The molecule has 0 radical (unpaired) electrons. The highest BCUT2D eigenvalue weighted by atomic mass is 14.7. The van der Waals surface area contributed by atoms with Crippen LogP contribution in [0.2, 0.25) is 0 Å². The van der Waals surface area contributed by atoms with Crippen LogP contribution in [0.15, 0.2) is 72.8 Å². The van der Waals surface area contributed by atoms with Gasteiger partial charge in [-0.2, -0.15) is 0 Å². The van der Waals surface area contributed by atoms with Crippen molar-refractivity contribution in [3.8, 4) is 11.1 Å². The Labute approximate surface area is 315 Å². The molecule has 18 atom stereocenters. The Bertz CT molecular complexity index is 1790. The summed E-state index contributed by atoms with van der Waals surface area (Å²) in [5, 5.41) is 0. The van der Waals surface area contributed by atoms with Gasteiger partial charge in [-0.1, -0.05) is 91.2 Å². The highest BCUT2D eigenvalue weighted by Gasteiger charge is 2.70. The SMILES string of the molecule is Cc1ccc(C)c(C2C3CCCCC3C(c3ccccc3-c3ccccc3)C3C4CCC5C6CCC7CCC8CCC(C9CCC(C4C95)C23)C6C87)c1. The molecule has 0 nitrogen and oxygen atoms in total. The van der Waals surface area contributed by atoms with Crippen LogP contribution < -0.4 is 0 Å². The van der Waals surface area contributed by atoms with E-state index < -0.39 is 0 Å². The Morgan fingerprint density at radius 1 is 0.385 bits per heavy atom. The first-order valence-corrected chi connectivity index (χ1v) is 22.9. The zero-order valence-electron chi connectivity index (χ0n) is 32.2. The van der Waals surface area contributed by atoms with Crippen molar-refractivity contribution in [1.82, 2.24) is 0 Å². The Kier molecular flexibility index (Phi) is 7.42. The molecule has 0 heterocycles. The quantitative estimate of drug-likeness (QED) is 0.257. The number of benzene rings is 3. The molecule has 0 heteroatoms. The molecule has 9 saturated carbocycles. The molecular formula is C52H64. The smallest absolute Gasteiger partial charge is 0.00905 e. The van der Waals surface area contributed by atoms with Crippen LogP contribution in [0.4, 0.5) is 0 Å². The lowest BCUT2D eigenvalue weighted by Crippen LogP contribution is -2.59. The summed E-state index contributed by atoms with van der Waals surface area (Å²) in [7, 11) is 0. The first kappa shape index (κ1) is 32.0. The van der Waals surface area contributed by atoms with Gasteiger partial charge in [-0.25, -0.2) is 0 Å². The summed E-state index contributed by atoms with van der Waals surface area (Å²) < 4.78 is 0. The highest BCUT2D eigenvalue weighted by Crippen LogP contribution is 2.77. The lowest BCUT2D eigenvalue weighted by atomic mass is 9.40. The zero-order valence-corrected chi connectivity index (χ0v) is 32.2. The molecule has 0 amide bonds. The van der Waals surface area contributed by atoms with Gasteiger partial charge in [0.05, 0.1) is 0 Å². The molecule has 3 aromatic rings. The largest absolute Gasteiger partial charge is 0.0622 e. The summed E-state index contributed by atoms with van der Waals surface area (Å²) in [6.07, 6.45) is 21.7. The normalized spacial score (nSPS) is 47.9. The van der Waals surface area contributed by atoms with Crippen molar-refractivity contribution in [2.45, 2.75) is 116 Å². The fourth-order valence-corrected chi connectivity index (χ4v) is 18.7. The Hall–Kier alpha value is -2.34. The molecule has 9 aliphatic carbocycles. The minimum Gasteiger partial charge on any atom is -0.0622 e. The molecule has 0 saturated heterocycles. The Morgan fingerprint density at radius 3 is 1.54 bits per heavy atom. The molecule has 0 spiro atoms. The van der Waals surface area contributed by atoms with E-state index in [1.54, 1.807) is 86.5 Å². The van der Waals surface area contributed by atoms with Crippen LogP contribution in [0.1, 0.15) is 124 Å². The number of rotatable bonds is 3. The minimum atomic E-state index is 0.722. The van der Waals surface area contributed by atoms with Crippen molar-refractivity contribution in [3.05, 3.63) is 95.1 Å². The molecule has 9 aliphatic rings. The molecule has 12 rings (SSSR count). The van der Waals surface area contributed by atoms with Crippen molar-refractivity contribution < 1.29 is 0 Å².